The molecule has 0 aliphatic carbocycles. The molecule has 1 aliphatic heterocycles. The zero-order chi connectivity index (χ0) is 16.1. The lowest BCUT2D eigenvalue weighted by atomic mass is 9.94. The van der Waals surface area contributed by atoms with Crippen LogP contribution < -0.4 is 5.32 Å². The largest absolute Gasteiger partial charge is 0.315 e. The number of nitrogens with one attached hydrogen (secondary N) is 1. The van der Waals surface area contributed by atoms with Crippen LogP contribution in [0.2, 0.25) is 0 Å². The Labute approximate surface area is 140 Å². The van der Waals surface area contributed by atoms with Gasteiger partial charge in [-0.1, -0.05) is 68.4 Å². The van der Waals surface area contributed by atoms with Crippen molar-refractivity contribution >= 4 is 0 Å². The van der Waals surface area contributed by atoms with Crippen molar-refractivity contribution in [3.63, 3.8) is 0 Å². The normalized spacial score (nSPS) is 17.9. The third-order valence-corrected chi connectivity index (χ3v) is 4.77. The first-order chi connectivity index (χ1) is 11.3. The quantitative estimate of drug-likeness (QED) is 0.911. The van der Waals surface area contributed by atoms with Gasteiger partial charge < -0.3 is 5.32 Å². The summed E-state index contributed by atoms with van der Waals surface area (Å²) in [6, 6.07) is 20.5. The molecule has 0 bridgehead atoms. The molecule has 2 heteroatoms. The van der Waals surface area contributed by atoms with Gasteiger partial charge in [0.2, 0.25) is 0 Å². The van der Waals surface area contributed by atoms with E-state index in [2.05, 4.69) is 78.7 Å². The van der Waals surface area contributed by atoms with Crippen molar-refractivity contribution < 1.29 is 0 Å². The maximum atomic E-state index is 3.52. The molecule has 1 unspecified atom stereocenters. The first kappa shape index (κ1) is 16.2. The molecular formula is C21H28N2. The molecule has 1 heterocycles. The van der Waals surface area contributed by atoms with Crippen LogP contribution in [0.3, 0.4) is 0 Å². The molecular weight excluding hydrogens is 280 g/mol. The summed E-state index contributed by atoms with van der Waals surface area (Å²) in [7, 11) is 0. The van der Waals surface area contributed by atoms with Crippen molar-refractivity contribution in [3.05, 3.63) is 71.3 Å². The Morgan fingerprint density at radius 3 is 2.13 bits per heavy atom. The van der Waals surface area contributed by atoms with Crippen LogP contribution in [0.4, 0.5) is 0 Å². The molecule has 122 valence electrons. The molecule has 1 N–H and O–H groups in total. The lowest BCUT2D eigenvalue weighted by Gasteiger charge is -2.31. The van der Waals surface area contributed by atoms with Crippen LogP contribution >= 0.6 is 0 Å². The van der Waals surface area contributed by atoms with Crippen LogP contribution in [0.15, 0.2) is 54.6 Å². The fourth-order valence-electron chi connectivity index (χ4n) is 3.44. The molecule has 2 aromatic rings. The van der Waals surface area contributed by atoms with Gasteiger partial charge in [0.05, 0.1) is 6.04 Å². The summed E-state index contributed by atoms with van der Waals surface area (Å²) in [6.07, 6.45) is 1.22. The third-order valence-electron chi connectivity index (χ3n) is 4.77. The topological polar surface area (TPSA) is 15.3 Å². The van der Waals surface area contributed by atoms with E-state index in [1.165, 1.54) is 23.1 Å². The average molecular weight is 308 g/mol. The van der Waals surface area contributed by atoms with Gasteiger partial charge in [0.1, 0.15) is 0 Å². The molecule has 0 saturated carbocycles. The smallest absolute Gasteiger partial charge is 0.0602 e. The molecule has 3 rings (SSSR count). The van der Waals surface area contributed by atoms with E-state index in [0.29, 0.717) is 12.0 Å². The highest BCUT2D eigenvalue weighted by atomic mass is 15.2. The van der Waals surface area contributed by atoms with Gasteiger partial charge in [0.25, 0.3) is 0 Å². The molecule has 0 amide bonds. The Morgan fingerprint density at radius 1 is 0.783 bits per heavy atom. The maximum Gasteiger partial charge on any atom is 0.0602 e. The van der Waals surface area contributed by atoms with E-state index in [4.69, 9.17) is 0 Å². The fourth-order valence-corrected chi connectivity index (χ4v) is 3.44. The van der Waals surface area contributed by atoms with Crippen molar-refractivity contribution in [2.45, 2.75) is 32.2 Å². The number of nitrogens with zero attached hydrogens (tertiary/aromatic N) is 1. The minimum Gasteiger partial charge on any atom is -0.315 e. The molecule has 1 fully saturated rings. The summed E-state index contributed by atoms with van der Waals surface area (Å²) in [5.41, 5.74) is 4.22. The second-order valence-electron chi connectivity index (χ2n) is 6.77. The molecule has 0 aromatic heterocycles. The Balaban J connectivity index is 1.94. The van der Waals surface area contributed by atoms with E-state index >= 15 is 0 Å². The SMILES string of the molecule is CC(C)c1ccc(C(c2ccccc2)N2CCCNCC2)cc1. The first-order valence-electron chi connectivity index (χ1n) is 8.85. The van der Waals surface area contributed by atoms with E-state index < -0.39 is 0 Å². The van der Waals surface area contributed by atoms with Gasteiger partial charge in [-0.2, -0.15) is 0 Å². The zero-order valence-corrected chi connectivity index (χ0v) is 14.3. The fraction of sp³-hybridized carbons (Fsp3) is 0.429. The van der Waals surface area contributed by atoms with Crippen molar-refractivity contribution in [3.8, 4) is 0 Å². The molecule has 2 nitrogen and oxygen atoms in total. The van der Waals surface area contributed by atoms with Crippen molar-refractivity contribution in [1.29, 1.82) is 0 Å². The summed E-state index contributed by atoms with van der Waals surface area (Å²) in [4.78, 5) is 2.62. The van der Waals surface area contributed by atoms with Crippen LogP contribution in [0.25, 0.3) is 0 Å². The number of benzene rings is 2. The van der Waals surface area contributed by atoms with Gasteiger partial charge in [-0.05, 0) is 35.6 Å². The minimum atomic E-state index is 0.359. The van der Waals surface area contributed by atoms with E-state index in [1.54, 1.807) is 0 Å². The molecule has 1 atom stereocenters. The van der Waals surface area contributed by atoms with Gasteiger partial charge in [-0.15, -0.1) is 0 Å². The molecule has 0 radical (unpaired) electrons. The number of hydrogen-bond acceptors (Lipinski definition) is 2. The second-order valence-corrected chi connectivity index (χ2v) is 6.77. The Hall–Kier alpha value is -1.64. The second kappa shape index (κ2) is 7.76. The summed E-state index contributed by atoms with van der Waals surface area (Å²) >= 11 is 0. The zero-order valence-electron chi connectivity index (χ0n) is 14.3. The average Bonchev–Trinajstić information content (AvgIpc) is 2.86. The van der Waals surface area contributed by atoms with Crippen LogP contribution in [0, 0.1) is 0 Å². The van der Waals surface area contributed by atoms with Gasteiger partial charge in [-0.25, -0.2) is 0 Å². The highest BCUT2D eigenvalue weighted by Crippen LogP contribution is 2.30. The minimum absolute atomic E-state index is 0.359. The molecule has 0 spiro atoms. The van der Waals surface area contributed by atoms with Gasteiger partial charge in [-0.3, -0.25) is 4.90 Å². The number of hydrogen-bond donors (Lipinski definition) is 1. The summed E-state index contributed by atoms with van der Waals surface area (Å²) < 4.78 is 0. The van der Waals surface area contributed by atoms with Crippen LogP contribution in [0.5, 0.6) is 0 Å². The first-order valence-corrected chi connectivity index (χ1v) is 8.85. The Kier molecular flexibility index (Phi) is 5.47. The lowest BCUT2D eigenvalue weighted by Crippen LogP contribution is -2.33. The number of rotatable bonds is 4. The summed E-state index contributed by atoms with van der Waals surface area (Å²) in [6.45, 7) is 8.97. The molecule has 1 aliphatic rings. The lowest BCUT2D eigenvalue weighted by molar-refractivity contribution is 0.241. The standard InChI is InChI=1S/C21H28N2/c1-17(2)18-9-11-20(12-10-18)21(19-7-4-3-5-8-19)23-15-6-13-22-14-16-23/h3-5,7-12,17,21-22H,6,13-16H2,1-2H3. The summed E-state index contributed by atoms with van der Waals surface area (Å²) in [5, 5.41) is 3.52. The highest BCUT2D eigenvalue weighted by Gasteiger charge is 2.23. The molecule has 1 saturated heterocycles. The van der Waals surface area contributed by atoms with Gasteiger partial charge >= 0.3 is 0 Å². The van der Waals surface area contributed by atoms with Crippen LogP contribution in [0.1, 0.15) is 48.9 Å². The third kappa shape index (κ3) is 4.01. The van der Waals surface area contributed by atoms with Gasteiger partial charge in [0, 0.05) is 19.6 Å². The van der Waals surface area contributed by atoms with Crippen LogP contribution in [-0.2, 0) is 0 Å². The maximum absolute atomic E-state index is 3.52. The highest BCUT2D eigenvalue weighted by molar-refractivity contribution is 5.34. The van der Waals surface area contributed by atoms with Crippen molar-refractivity contribution in [2.24, 2.45) is 0 Å². The van der Waals surface area contributed by atoms with E-state index in [-0.39, 0.29) is 0 Å². The van der Waals surface area contributed by atoms with Crippen molar-refractivity contribution in [2.75, 3.05) is 26.2 Å². The Morgan fingerprint density at radius 2 is 1.43 bits per heavy atom. The van der Waals surface area contributed by atoms with Gasteiger partial charge in [0.15, 0.2) is 0 Å². The van der Waals surface area contributed by atoms with E-state index in [0.717, 1.165) is 26.2 Å². The summed E-state index contributed by atoms with van der Waals surface area (Å²) in [5.74, 6) is 0.585. The predicted molar refractivity (Wildman–Crippen MR) is 97.9 cm³/mol. The monoisotopic (exact) mass is 308 g/mol. The Bertz CT molecular complexity index is 581. The van der Waals surface area contributed by atoms with E-state index in [1.807, 2.05) is 0 Å². The predicted octanol–water partition coefficient (Wildman–Crippen LogP) is 4.19. The molecule has 23 heavy (non-hydrogen) atoms. The van der Waals surface area contributed by atoms with E-state index in [9.17, 15) is 0 Å². The molecule has 2 aromatic carbocycles. The van der Waals surface area contributed by atoms with Crippen molar-refractivity contribution in [1.82, 2.24) is 10.2 Å². The van der Waals surface area contributed by atoms with Crippen LogP contribution in [-0.4, -0.2) is 31.1 Å².